The maximum absolute atomic E-state index is 13.1. The first kappa shape index (κ1) is 18.9. The van der Waals surface area contributed by atoms with Crippen molar-refractivity contribution in [1.29, 1.82) is 0 Å². The zero-order chi connectivity index (χ0) is 20.5. The van der Waals surface area contributed by atoms with Gasteiger partial charge in [0.2, 0.25) is 0 Å². The molecule has 1 atom stereocenters. The van der Waals surface area contributed by atoms with Crippen LogP contribution in [0.2, 0.25) is 0 Å². The van der Waals surface area contributed by atoms with E-state index in [0.717, 1.165) is 39.0 Å². The summed E-state index contributed by atoms with van der Waals surface area (Å²) in [5, 5.41) is 0. The van der Waals surface area contributed by atoms with E-state index in [1.165, 1.54) is 11.3 Å². The molecule has 1 amide bonds. The number of benzene rings is 1. The van der Waals surface area contributed by atoms with Gasteiger partial charge in [0, 0.05) is 49.8 Å². The van der Waals surface area contributed by atoms with Crippen LogP contribution in [-0.2, 0) is 6.54 Å². The number of aromatic amines is 1. The molecule has 0 aliphatic carbocycles. The van der Waals surface area contributed by atoms with Crippen LogP contribution < -0.4 is 0 Å². The van der Waals surface area contributed by atoms with Crippen LogP contribution >= 0.6 is 0 Å². The second-order valence-electron chi connectivity index (χ2n) is 8.13. The quantitative estimate of drug-likeness (QED) is 0.666. The van der Waals surface area contributed by atoms with Crippen LogP contribution in [0.25, 0.3) is 0 Å². The Labute approximate surface area is 176 Å². The molecule has 5 rings (SSSR count). The Morgan fingerprint density at radius 1 is 0.967 bits per heavy atom. The van der Waals surface area contributed by atoms with E-state index in [1.54, 1.807) is 12.3 Å². The van der Waals surface area contributed by atoms with Gasteiger partial charge >= 0.3 is 0 Å². The number of aromatic nitrogens is 2. The van der Waals surface area contributed by atoms with Crippen molar-refractivity contribution in [2.24, 2.45) is 0 Å². The van der Waals surface area contributed by atoms with Gasteiger partial charge in [-0.15, -0.1) is 0 Å². The van der Waals surface area contributed by atoms with E-state index in [-0.39, 0.29) is 17.7 Å². The summed E-state index contributed by atoms with van der Waals surface area (Å²) in [6, 6.07) is 16.3. The number of fused-ring (bicyclic) bond motifs is 1. The van der Waals surface area contributed by atoms with Crippen LogP contribution in [0.4, 0.5) is 0 Å². The second kappa shape index (κ2) is 7.95. The van der Waals surface area contributed by atoms with Gasteiger partial charge in [-0.3, -0.25) is 14.5 Å². The van der Waals surface area contributed by atoms with Crippen molar-refractivity contribution in [1.82, 2.24) is 19.4 Å². The van der Waals surface area contributed by atoms with Gasteiger partial charge in [0.25, 0.3) is 5.91 Å². The lowest BCUT2D eigenvalue weighted by molar-refractivity contribution is 0.0787. The van der Waals surface area contributed by atoms with E-state index in [1.807, 2.05) is 23.1 Å². The largest absolute Gasteiger partial charge is 0.356 e. The van der Waals surface area contributed by atoms with Crippen molar-refractivity contribution >= 4 is 11.7 Å². The molecular formula is C24H26N4O2. The van der Waals surface area contributed by atoms with Crippen LogP contribution in [0.3, 0.4) is 0 Å². The predicted molar refractivity (Wildman–Crippen MR) is 115 cm³/mol. The molecule has 3 aromatic rings. The van der Waals surface area contributed by atoms with Crippen LogP contribution in [-0.4, -0.2) is 57.2 Å². The Balaban J connectivity index is 1.36. The van der Waals surface area contributed by atoms with E-state index in [2.05, 4.69) is 44.9 Å². The third-order valence-corrected chi connectivity index (χ3v) is 6.23. The summed E-state index contributed by atoms with van der Waals surface area (Å²) >= 11 is 0. The second-order valence-corrected chi connectivity index (χ2v) is 8.13. The summed E-state index contributed by atoms with van der Waals surface area (Å²) < 4.78 is 2.27. The van der Waals surface area contributed by atoms with E-state index in [9.17, 15) is 9.59 Å². The van der Waals surface area contributed by atoms with Crippen molar-refractivity contribution in [3.05, 3.63) is 83.4 Å². The fourth-order valence-corrected chi connectivity index (χ4v) is 4.66. The molecule has 0 bridgehead atoms. The first-order valence-corrected chi connectivity index (χ1v) is 10.7. The van der Waals surface area contributed by atoms with E-state index in [0.29, 0.717) is 17.8 Å². The van der Waals surface area contributed by atoms with Gasteiger partial charge in [-0.2, -0.15) is 0 Å². The minimum Gasteiger partial charge on any atom is -0.356 e. The molecule has 1 N–H and O–H groups in total. The summed E-state index contributed by atoms with van der Waals surface area (Å²) in [4.78, 5) is 32.8. The average Bonchev–Trinajstić information content (AvgIpc) is 3.55. The first-order chi connectivity index (χ1) is 14.7. The molecule has 4 heterocycles. The van der Waals surface area contributed by atoms with Crippen LogP contribution in [0.1, 0.15) is 51.0 Å². The Morgan fingerprint density at radius 2 is 1.77 bits per heavy atom. The zero-order valence-corrected chi connectivity index (χ0v) is 17.0. The fourth-order valence-electron chi connectivity index (χ4n) is 4.66. The number of likely N-dealkylation sites (tertiary alicyclic amines) is 1. The SMILES string of the molecule is O=C(CN1CCn2cccc2C1c1ccccc1)c1c[nH]c(C(=O)N2CCCC2)c1. The van der Waals surface area contributed by atoms with Crippen molar-refractivity contribution in [3.8, 4) is 0 Å². The van der Waals surface area contributed by atoms with Gasteiger partial charge < -0.3 is 14.5 Å². The van der Waals surface area contributed by atoms with Crippen LogP contribution in [0, 0.1) is 0 Å². The van der Waals surface area contributed by atoms with Crippen molar-refractivity contribution in [2.75, 3.05) is 26.2 Å². The Kier molecular flexibility index (Phi) is 5.01. The highest BCUT2D eigenvalue weighted by Gasteiger charge is 2.30. The molecule has 30 heavy (non-hydrogen) atoms. The lowest BCUT2D eigenvalue weighted by Crippen LogP contribution is -2.41. The smallest absolute Gasteiger partial charge is 0.270 e. The average molecular weight is 402 g/mol. The lowest BCUT2D eigenvalue weighted by Gasteiger charge is -2.36. The minimum absolute atomic E-state index is 0.00971. The number of H-pyrrole nitrogens is 1. The molecule has 2 aromatic heterocycles. The van der Waals surface area contributed by atoms with Gasteiger partial charge in [-0.25, -0.2) is 0 Å². The van der Waals surface area contributed by atoms with Crippen molar-refractivity contribution in [2.45, 2.75) is 25.4 Å². The number of Topliss-reactive ketones (excluding diaryl/α,β-unsaturated/α-hetero) is 1. The van der Waals surface area contributed by atoms with Gasteiger partial charge in [0.05, 0.1) is 12.6 Å². The van der Waals surface area contributed by atoms with Gasteiger partial charge in [-0.1, -0.05) is 30.3 Å². The highest BCUT2D eigenvalue weighted by atomic mass is 16.2. The van der Waals surface area contributed by atoms with Crippen LogP contribution in [0.15, 0.2) is 60.9 Å². The van der Waals surface area contributed by atoms with E-state index >= 15 is 0 Å². The molecule has 0 saturated carbocycles. The molecule has 0 spiro atoms. The number of carbonyl (C=O) groups is 2. The standard InChI is InChI=1S/C24H26N4O2/c29-22(19-15-20(25-16-19)24(30)27-10-4-5-11-27)17-28-14-13-26-12-6-9-21(26)23(28)18-7-2-1-3-8-18/h1-3,6-9,12,15-16,23,25H,4-5,10-11,13-14,17H2. The molecule has 1 aromatic carbocycles. The van der Waals surface area contributed by atoms with Crippen molar-refractivity contribution < 1.29 is 9.59 Å². The normalized spacial score (nSPS) is 19.1. The number of nitrogens with zero attached hydrogens (tertiary/aromatic N) is 3. The summed E-state index contributed by atoms with van der Waals surface area (Å²) in [6.07, 6.45) is 5.88. The van der Waals surface area contributed by atoms with Gasteiger partial charge in [0.1, 0.15) is 5.69 Å². The molecular weight excluding hydrogens is 376 g/mol. The predicted octanol–water partition coefficient (Wildman–Crippen LogP) is 3.34. The Bertz CT molecular complexity index is 1050. The molecule has 6 nitrogen and oxygen atoms in total. The fraction of sp³-hybridized carbons (Fsp3) is 0.333. The lowest BCUT2D eigenvalue weighted by atomic mass is 9.99. The van der Waals surface area contributed by atoms with Crippen LogP contribution in [0.5, 0.6) is 0 Å². The third-order valence-electron chi connectivity index (χ3n) is 6.23. The highest BCUT2D eigenvalue weighted by Crippen LogP contribution is 2.32. The molecule has 1 saturated heterocycles. The zero-order valence-electron chi connectivity index (χ0n) is 17.0. The molecule has 0 radical (unpaired) electrons. The number of carbonyl (C=O) groups excluding carboxylic acids is 2. The summed E-state index contributed by atoms with van der Waals surface area (Å²) in [5.74, 6) is 0.0252. The third kappa shape index (κ3) is 3.48. The number of hydrogen-bond donors (Lipinski definition) is 1. The number of hydrogen-bond acceptors (Lipinski definition) is 3. The molecule has 1 unspecified atom stereocenters. The first-order valence-electron chi connectivity index (χ1n) is 10.7. The Morgan fingerprint density at radius 3 is 2.57 bits per heavy atom. The summed E-state index contributed by atoms with van der Waals surface area (Å²) in [6.45, 7) is 3.59. The molecule has 6 heteroatoms. The maximum atomic E-state index is 13.1. The summed E-state index contributed by atoms with van der Waals surface area (Å²) in [5.41, 5.74) is 3.47. The van der Waals surface area contributed by atoms with Gasteiger partial charge in [0.15, 0.2) is 5.78 Å². The Hall–Kier alpha value is -3.12. The highest BCUT2D eigenvalue weighted by molar-refractivity contribution is 6.01. The van der Waals surface area contributed by atoms with Gasteiger partial charge in [-0.05, 0) is 36.6 Å². The number of nitrogens with one attached hydrogen (secondary N) is 1. The molecule has 1 fully saturated rings. The van der Waals surface area contributed by atoms with E-state index < -0.39 is 0 Å². The number of rotatable bonds is 5. The number of amides is 1. The monoisotopic (exact) mass is 402 g/mol. The molecule has 2 aliphatic rings. The maximum Gasteiger partial charge on any atom is 0.270 e. The number of ketones is 1. The minimum atomic E-state index is -0.00971. The molecule has 2 aliphatic heterocycles. The van der Waals surface area contributed by atoms with E-state index in [4.69, 9.17) is 0 Å². The summed E-state index contributed by atoms with van der Waals surface area (Å²) in [7, 11) is 0. The topological polar surface area (TPSA) is 61.3 Å². The van der Waals surface area contributed by atoms with Crippen molar-refractivity contribution in [3.63, 3.8) is 0 Å². The molecule has 154 valence electrons.